The predicted molar refractivity (Wildman–Crippen MR) is 89.5 cm³/mol. The fourth-order valence-electron chi connectivity index (χ4n) is 2.15. The molecule has 1 aromatic carbocycles. The summed E-state index contributed by atoms with van der Waals surface area (Å²) in [5, 5.41) is 9.25. The minimum Gasteiger partial charge on any atom is -0.494 e. The first-order chi connectivity index (χ1) is 11.0. The monoisotopic (exact) mass is 309 g/mol. The van der Waals surface area contributed by atoms with Crippen LogP contribution >= 0.6 is 0 Å². The van der Waals surface area contributed by atoms with Gasteiger partial charge in [0.15, 0.2) is 0 Å². The van der Waals surface area contributed by atoms with Gasteiger partial charge in [-0.05, 0) is 56.7 Å². The van der Waals surface area contributed by atoms with Gasteiger partial charge >= 0.3 is 0 Å². The largest absolute Gasteiger partial charge is 0.494 e. The van der Waals surface area contributed by atoms with E-state index in [1.807, 2.05) is 63.2 Å². The molecule has 0 fully saturated rings. The smallest absolute Gasteiger partial charge is 0.280 e. The standard InChI is InChI=1S/C18H19N3O2/c1-4-23-17-9-7-15(8-10-17)11-16(12-19)18(22)20-21-13(2)5-6-14(21)3/h5-11H,4H2,1-3H3,(H,20,22)/b16-11-. The summed E-state index contributed by atoms with van der Waals surface area (Å²) in [7, 11) is 0. The zero-order valence-electron chi connectivity index (χ0n) is 13.5. The lowest BCUT2D eigenvalue weighted by molar-refractivity contribution is -0.113. The van der Waals surface area contributed by atoms with Crippen LogP contribution in [0, 0.1) is 25.2 Å². The van der Waals surface area contributed by atoms with Crippen LogP contribution in [-0.2, 0) is 4.79 Å². The second-order valence-electron chi connectivity index (χ2n) is 5.06. The number of benzene rings is 1. The summed E-state index contributed by atoms with van der Waals surface area (Å²) in [4.78, 5) is 12.3. The van der Waals surface area contributed by atoms with Crippen molar-refractivity contribution in [2.45, 2.75) is 20.8 Å². The highest BCUT2D eigenvalue weighted by molar-refractivity contribution is 6.06. The number of hydrogen-bond donors (Lipinski definition) is 1. The zero-order chi connectivity index (χ0) is 16.8. The lowest BCUT2D eigenvalue weighted by Crippen LogP contribution is -2.25. The molecule has 0 spiro atoms. The molecule has 0 unspecified atom stereocenters. The van der Waals surface area contributed by atoms with E-state index in [2.05, 4.69) is 5.43 Å². The summed E-state index contributed by atoms with van der Waals surface area (Å²) in [6, 6.07) is 13.0. The maximum absolute atomic E-state index is 12.3. The van der Waals surface area contributed by atoms with Gasteiger partial charge in [-0.3, -0.25) is 14.9 Å². The number of carbonyl (C=O) groups is 1. The highest BCUT2D eigenvalue weighted by atomic mass is 16.5. The van der Waals surface area contributed by atoms with Gasteiger partial charge in [-0.1, -0.05) is 12.1 Å². The molecule has 0 radical (unpaired) electrons. The van der Waals surface area contributed by atoms with Crippen molar-refractivity contribution in [2.24, 2.45) is 0 Å². The molecule has 1 aromatic heterocycles. The Labute approximate surface area is 135 Å². The molecule has 1 amide bonds. The topological polar surface area (TPSA) is 67.0 Å². The second-order valence-corrected chi connectivity index (χ2v) is 5.06. The Hall–Kier alpha value is -3.00. The molecule has 1 heterocycles. The van der Waals surface area contributed by atoms with Gasteiger partial charge in [0.1, 0.15) is 17.4 Å². The van der Waals surface area contributed by atoms with Gasteiger partial charge in [0, 0.05) is 11.4 Å². The van der Waals surface area contributed by atoms with E-state index in [1.165, 1.54) is 0 Å². The quantitative estimate of drug-likeness (QED) is 0.681. The fourth-order valence-corrected chi connectivity index (χ4v) is 2.15. The lowest BCUT2D eigenvalue weighted by Gasteiger charge is -2.10. The molecule has 1 N–H and O–H groups in total. The highest BCUT2D eigenvalue weighted by Gasteiger charge is 2.11. The van der Waals surface area contributed by atoms with Crippen molar-refractivity contribution in [3.8, 4) is 11.8 Å². The normalized spacial score (nSPS) is 11.0. The average molecular weight is 309 g/mol. The molecule has 0 aliphatic heterocycles. The Morgan fingerprint density at radius 1 is 1.22 bits per heavy atom. The third kappa shape index (κ3) is 4.01. The molecule has 0 saturated heterocycles. The van der Waals surface area contributed by atoms with E-state index in [0.29, 0.717) is 6.61 Å². The Bertz CT molecular complexity index is 745. The van der Waals surface area contributed by atoms with Crippen molar-refractivity contribution in [2.75, 3.05) is 12.0 Å². The summed E-state index contributed by atoms with van der Waals surface area (Å²) in [5.41, 5.74) is 5.33. The number of ether oxygens (including phenoxy) is 1. The van der Waals surface area contributed by atoms with E-state index in [9.17, 15) is 10.1 Å². The van der Waals surface area contributed by atoms with Crippen molar-refractivity contribution >= 4 is 12.0 Å². The van der Waals surface area contributed by atoms with Gasteiger partial charge in [0.05, 0.1) is 6.61 Å². The minimum atomic E-state index is -0.441. The van der Waals surface area contributed by atoms with Crippen LogP contribution in [0.1, 0.15) is 23.9 Å². The Morgan fingerprint density at radius 2 is 1.83 bits per heavy atom. The molecule has 0 bridgehead atoms. The lowest BCUT2D eigenvalue weighted by atomic mass is 10.1. The number of aryl methyl sites for hydroxylation is 2. The maximum atomic E-state index is 12.3. The molecule has 0 atom stereocenters. The SMILES string of the molecule is CCOc1ccc(/C=C(/C#N)C(=O)Nn2c(C)ccc2C)cc1. The van der Waals surface area contributed by atoms with E-state index in [-0.39, 0.29) is 5.57 Å². The first-order valence-electron chi connectivity index (χ1n) is 7.36. The van der Waals surface area contributed by atoms with Crippen LogP contribution in [-0.4, -0.2) is 17.2 Å². The van der Waals surface area contributed by atoms with Gasteiger partial charge in [0.25, 0.3) is 5.91 Å². The molecule has 23 heavy (non-hydrogen) atoms. The fraction of sp³-hybridized carbons (Fsp3) is 0.222. The molecule has 5 nitrogen and oxygen atoms in total. The van der Waals surface area contributed by atoms with Crippen LogP contribution in [0.5, 0.6) is 5.75 Å². The summed E-state index contributed by atoms with van der Waals surface area (Å²) in [6.07, 6.45) is 1.55. The zero-order valence-corrected chi connectivity index (χ0v) is 13.5. The summed E-state index contributed by atoms with van der Waals surface area (Å²) in [6.45, 7) is 6.28. The van der Waals surface area contributed by atoms with Crippen molar-refractivity contribution in [1.29, 1.82) is 5.26 Å². The number of carbonyl (C=O) groups excluding carboxylic acids is 1. The van der Waals surface area contributed by atoms with Crippen molar-refractivity contribution in [3.63, 3.8) is 0 Å². The van der Waals surface area contributed by atoms with Crippen LogP contribution < -0.4 is 10.2 Å². The predicted octanol–water partition coefficient (Wildman–Crippen LogP) is 3.18. The van der Waals surface area contributed by atoms with Crippen molar-refractivity contribution < 1.29 is 9.53 Å². The Balaban J connectivity index is 2.18. The Morgan fingerprint density at radius 3 is 2.35 bits per heavy atom. The van der Waals surface area contributed by atoms with E-state index in [1.54, 1.807) is 10.8 Å². The first kappa shape index (κ1) is 16.4. The van der Waals surface area contributed by atoms with E-state index in [4.69, 9.17) is 4.74 Å². The number of amides is 1. The van der Waals surface area contributed by atoms with Gasteiger partial charge in [-0.15, -0.1) is 0 Å². The molecule has 2 aromatic rings. The van der Waals surface area contributed by atoms with E-state index >= 15 is 0 Å². The summed E-state index contributed by atoms with van der Waals surface area (Å²) >= 11 is 0. The second kappa shape index (κ2) is 7.32. The number of nitriles is 1. The number of nitrogens with zero attached hydrogens (tertiary/aromatic N) is 2. The molecule has 0 aliphatic rings. The number of rotatable bonds is 5. The summed E-state index contributed by atoms with van der Waals surface area (Å²) in [5.74, 6) is 0.315. The average Bonchev–Trinajstić information content (AvgIpc) is 2.86. The van der Waals surface area contributed by atoms with Crippen LogP contribution in [0.3, 0.4) is 0 Å². The third-order valence-electron chi connectivity index (χ3n) is 3.35. The molecule has 5 heteroatoms. The minimum absolute atomic E-state index is 0.0432. The van der Waals surface area contributed by atoms with Gasteiger partial charge in [-0.25, -0.2) is 0 Å². The third-order valence-corrected chi connectivity index (χ3v) is 3.35. The van der Waals surface area contributed by atoms with Gasteiger partial charge in [-0.2, -0.15) is 5.26 Å². The van der Waals surface area contributed by atoms with E-state index < -0.39 is 5.91 Å². The van der Waals surface area contributed by atoms with Crippen LogP contribution in [0.15, 0.2) is 42.0 Å². The van der Waals surface area contributed by atoms with Gasteiger partial charge in [0.2, 0.25) is 0 Å². The highest BCUT2D eigenvalue weighted by Crippen LogP contribution is 2.15. The number of hydrogen-bond acceptors (Lipinski definition) is 3. The van der Waals surface area contributed by atoms with Gasteiger partial charge < -0.3 is 4.74 Å². The molecule has 0 aliphatic carbocycles. The van der Waals surface area contributed by atoms with Crippen LogP contribution in [0.25, 0.3) is 6.08 Å². The number of aromatic nitrogens is 1. The summed E-state index contributed by atoms with van der Waals surface area (Å²) < 4.78 is 7.03. The molecule has 0 saturated carbocycles. The first-order valence-corrected chi connectivity index (χ1v) is 7.36. The molecular weight excluding hydrogens is 290 g/mol. The molecule has 2 rings (SSSR count). The van der Waals surface area contributed by atoms with Crippen LogP contribution in [0.4, 0.5) is 0 Å². The maximum Gasteiger partial charge on any atom is 0.280 e. The Kier molecular flexibility index (Phi) is 5.21. The molecule has 118 valence electrons. The van der Waals surface area contributed by atoms with E-state index in [0.717, 1.165) is 22.7 Å². The van der Waals surface area contributed by atoms with Crippen molar-refractivity contribution in [3.05, 3.63) is 58.9 Å². The van der Waals surface area contributed by atoms with Crippen LogP contribution in [0.2, 0.25) is 0 Å². The van der Waals surface area contributed by atoms with Crippen molar-refractivity contribution in [1.82, 2.24) is 4.68 Å². The molecular formula is C18H19N3O2. The number of nitrogens with one attached hydrogen (secondary N) is 1.